The van der Waals surface area contributed by atoms with Crippen LogP contribution in [0.2, 0.25) is 0 Å². The summed E-state index contributed by atoms with van der Waals surface area (Å²) in [6.07, 6.45) is 6.79. The smallest absolute Gasteiger partial charge is 0.180 e. The Bertz CT molecular complexity index is 1170. The monoisotopic (exact) mass is 388 g/mol. The lowest BCUT2D eigenvalue weighted by Crippen LogP contribution is -2.32. The molecule has 0 spiro atoms. The molecular weight excluding hydrogens is 360 g/mol. The van der Waals surface area contributed by atoms with Crippen LogP contribution in [0.4, 0.5) is 5.82 Å². The van der Waals surface area contributed by atoms with Gasteiger partial charge in [0.25, 0.3) is 0 Å². The Balaban J connectivity index is 1.47. The molecule has 5 rings (SSSR count). The van der Waals surface area contributed by atoms with Crippen LogP contribution in [0.3, 0.4) is 0 Å². The molecule has 1 fully saturated rings. The van der Waals surface area contributed by atoms with Crippen molar-refractivity contribution in [2.75, 3.05) is 12.8 Å². The van der Waals surface area contributed by atoms with E-state index in [0.29, 0.717) is 11.5 Å². The standard InChI is InChI=1S/C23H28N6/c1-14-25-22-18(12-21(24)28-23(22)26-14)20-11-16-10-15(8-9-19(16)27-20)13-29(2)17-6-4-3-5-7-17/h8-12,17,27H,3-7,13H2,1-2H3,(H3,24,25,26,28). The molecular formula is C23H28N6. The van der Waals surface area contributed by atoms with Crippen LogP contribution >= 0.6 is 0 Å². The fourth-order valence-electron chi connectivity index (χ4n) is 4.70. The fourth-order valence-corrected chi connectivity index (χ4v) is 4.70. The number of H-pyrrole nitrogens is 2. The van der Waals surface area contributed by atoms with Crippen LogP contribution in [-0.2, 0) is 6.54 Å². The minimum atomic E-state index is 0.479. The van der Waals surface area contributed by atoms with Gasteiger partial charge in [-0.25, -0.2) is 9.97 Å². The third kappa shape index (κ3) is 3.49. The molecule has 29 heavy (non-hydrogen) atoms. The number of aryl methyl sites for hydroxylation is 1. The summed E-state index contributed by atoms with van der Waals surface area (Å²) in [6.45, 7) is 2.93. The molecule has 0 radical (unpaired) electrons. The van der Waals surface area contributed by atoms with Crippen molar-refractivity contribution in [1.29, 1.82) is 0 Å². The zero-order valence-electron chi connectivity index (χ0n) is 17.1. The number of aromatic amines is 2. The number of aromatic nitrogens is 4. The Kier molecular flexibility index (Phi) is 4.51. The molecule has 0 bridgehead atoms. The van der Waals surface area contributed by atoms with E-state index in [-0.39, 0.29) is 0 Å². The number of nitrogens with one attached hydrogen (secondary N) is 2. The average molecular weight is 389 g/mol. The number of nitrogen functional groups attached to an aromatic ring is 1. The Morgan fingerprint density at radius 3 is 2.72 bits per heavy atom. The highest BCUT2D eigenvalue weighted by atomic mass is 15.1. The van der Waals surface area contributed by atoms with E-state index < -0.39 is 0 Å². The molecule has 3 aromatic heterocycles. The third-order valence-electron chi connectivity index (χ3n) is 6.21. The van der Waals surface area contributed by atoms with Gasteiger partial charge in [-0.1, -0.05) is 25.3 Å². The Morgan fingerprint density at radius 1 is 1.07 bits per heavy atom. The van der Waals surface area contributed by atoms with E-state index in [2.05, 4.69) is 56.1 Å². The molecule has 4 aromatic rings. The van der Waals surface area contributed by atoms with E-state index >= 15 is 0 Å². The number of benzene rings is 1. The first-order chi connectivity index (χ1) is 14.1. The van der Waals surface area contributed by atoms with Gasteiger partial charge < -0.3 is 15.7 Å². The number of pyridine rings is 1. The quantitative estimate of drug-likeness (QED) is 0.470. The van der Waals surface area contributed by atoms with Crippen molar-refractivity contribution < 1.29 is 0 Å². The van der Waals surface area contributed by atoms with Crippen LogP contribution in [0, 0.1) is 6.92 Å². The fraction of sp³-hybridized carbons (Fsp3) is 0.391. The lowest BCUT2D eigenvalue weighted by molar-refractivity contribution is 0.184. The number of hydrogen-bond acceptors (Lipinski definition) is 4. The number of anilines is 1. The molecule has 6 nitrogen and oxygen atoms in total. The minimum Gasteiger partial charge on any atom is -0.384 e. The zero-order chi connectivity index (χ0) is 20.0. The van der Waals surface area contributed by atoms with Crippen LogP contribution in [-0.4, -0.2) is 37.9 Å². The van der Waals surface area contributed by atoms with Crippen molar-refractivity contribution in [3.05, 3.63) is 41.7 Å². The zero-order valence-corrected chi connectivity index (χ0v) is 17.1. The Morgan fingerprint density at radius 2 is 1.90 bits per heavy atom. The van der Waals surface area contributed by atoms with Crippen molar-refractivity contribution in [1.82, 2.24) is 24.8 Å². The minimum absolute atomic E-state index is 0.479. The van der Waals surface area contributed by atoms with Gasteiger partial charge in [0.1, 0.15) is 11.6 Å². The summed E-state index contributed by atoms with van der Waals surface area (Å²) in [6, 6.07) is 11.5. The van der Waals surface area contributed by atoms with Gasteiger partial charge in [0.15, 0.2) is 5.65 Å². The maximum Gasteiger partial charge on any atom is 0.180 e. The molecule has 6 heteroatoms. The summed E-state index contributed by atoms with van der Waals surface area (Å²) in [5.74, 6) is 1.32. The molecule has 0 amide bonds. The molecule has 3 heterocycles. The van der Waals surface area contributed by atoms with Gasteiger partial charge in [-0.3, -0.25) is 4.90 Å². The van der Waals surface area contributed by atoms with Crippen LogP contribution in [0.15, 0.2) is 30.3 Å². The Labute approximate surface area is 170 Å². The van der Waals surface area contributed by atoms with Crippen molar-refractivity contribution >= 4 is 27.9 Å². The second kappa shape index (κ2) is 7.19. The van der Waals surface area contributed by atoms with Crippen LogP contribution < -0.4 is 5.73 Å². The second-order valence-corrected chi connectivity index (χ2v) is 8.43. The third-order valence-corrected chi connectivity index (χ3v) is 6.21. The summed E-state index contributed by atoms with van der Waals surface area (Å²) in [7, 11) is 2.26. The number of rotatable bonds is 4. The lowest BCUT2D eigenvalue weighted by Gasteiger charge is -2.31. The number of nitrogens with zero attached hydrogens (tertiary/aromatic N) is 3. The van der Waals surface area contributed by atoms with Crippen LogP contribution in [0.25, 0.3) is 33.3 Å². The average Bonchev–Trinajstić information content (AvgIpc) is 3.30. The first kappa shape index (κ1) is 18.2. The molecule has 0 atom stereocenters. The molecule has 1 aliphatic carbocycles. The van der Waals surface area contributed by atoms with Crippen molar-refractivity contribution in [2.24, 2.45) is 0 Å². The SMILES string of the molecule is Cc1nc2nc(N)cc(-c3cc4cc(CN(C)C5CCCCC5)ccc4[nH]3)c2[nH]1. The van der Waals surface area contributed by atoms with Gasteiger partial charge in [-0.2, -0.15) is 0 Å². The van der Waals surface area contributed by atoms with E-state index in [1.807, 2.05) is 13.0 Å². The van der Waals surface area contributed by atoms with Gasteiger partial charge in [-0.15, -0.1) is 0 Å². The van der Waals surface area contributed by atoms with Crippen LogP contribution in [0.5, 0.6) is 0 Å². The largest absolute Gasteiger partial charge is 0.384 e. The summed E-state index contributed by atoms with van der Waals surface area (Å²) < 4.78 is 0. The van der Waals surface area contributed by atoms with Crippen LogP contribution in [0.1, 0.15) is 43.5 Å². The number of hydrogen-bond donors (Lipinski definition) is 3. The summed E-state index contributed by atoms with van der Waals surface area (Å²) in [4.78, 5) is 18.2. The molecule has 1 aliphatic rings. The van der Waals surface area contributed by atoms with Gasteiger partial charge in [0, 0.05) is 34.7 Å². The highest BCUT2D eigenvalue weighted by molar-refractivity contribution is 5.95. The van der Waals surface area contributed by atoms with E-state index in [0.717, 1.165) is 40.7 Å². The van der Waals surface area contributed by atoms with Crippen molar-refractivity contribution in [3.8, 4) is 11.3 Å². The van der Waals surface area contributed by atoms with E-state index in [9.17, 15) is 0 Å². The van der Waals surface area contributed by atoms with Gasteiger partial charge in [0.2, 0.25) is 0 Å². The van der Waals surface area contributed by atoms with E-state index in [4.69, 9.17) is 5.73 Å². The van der Waals surface area contributed by atoms with E-state index in [1.54, 1.807) is 0 Å². The lowest BCUT2D eigenvalue weighted by atomic mass is 9.94. The highest BCUT2D eigenvalue weighted by Crippen LogP contribution is 2.31. The van der Waals surface area contributed by atoms with Gasteiger partial charge >= 0.3 is 0 Å². The van der Waals surface area contributed by atoms with E-state index in [1.165, 1.54) is 43.1 Å². The maximum atomic E-state index is 6.03. The molecule has 1 saturated carbocycles. The number of imidazole rings is 1. The molecule has 150 valence electrons. The van der Waals surface area contributed by atoms with Crippen molar-refractivity contribution in [3.63, 3.8) is 0 Å². The van der Waals surface area contributed by atoms with Gasteiger partial charge in [0.05, 0.1) is 5.52 Å². The molecule has 0 aliphatic heterocycles. The summed E-state index contributed by atoms with van der Waals surface area (Å²) in [5.41, 5.74) is 12.1. The second-order valence-electron chi connectivity index (χ2n) is 8.43. The maximum absolute atomic E-state index is 6.03. The topological polar surface area (TPSA) is 86.6 Å². The number of nitrogens with two attached hydrogens (primary N) is 1. The predicted octanol–water partition coefficient (Wildman–Crippen LogP) is 4.76. The number of fused-ring (bicyclic) bond motifs is 2. The van der Waals surface area contributed by atoms with Crippen molar-refractivity contribution in [2.45, 2.75) is 51.6 Å². The first-order valence-electron chi connectivity index (χ1n) is 10.5. The predicted molar refractivity (Wildman–Crippen MR) is 119 cm³/mol. The molecule has 1 aromatic carbocycles. The molecule has 0 unspecified atom stereocenters. The Hall–Kier alpha value is -2.86. The first-order valence-corrected chi connectivity index (χ1v) is 10.5. The normalized spacial score (nSPS) is 15.7. The summed E-state index contributed by atoms with van der Waals surface area (Å²) in [5, 5.41) is 1.22. The van der Waals surface area contributed by atoms with Gasteiger partial charge in [-0.05, 0) is 56.6 Å². The summed E-state index contributed by atoms with van der Waals surface area (Å²) >= 11 is 0. The highest BCUT2D eigenvalue weighted by Gasteiger charge is 2.18. The molecule has 4 N–H and O–H groups in total. The molecule has 0 saturated heterocycles.